The van der Waals surface area contributed by atoms with Gasteiger partial charge in [-0.1, -0.05) is 12.1 Å². The molecule has 2 N–H and O–H groups in total. The molecular weight excluding hydrogens is 331 g/mol. The molecule has 1 heterocycles. The first-order valence-corrected chi connectivity index (χ1v) is 9.28. The molecule has 7 heteroatoms. The van der Waals surface area contributed by atoms with Gasteiger partial charge in [0.2, 0.25) is 0 Å². The van der Waals surface area contributed by atoms with Gasteiger partial charge in [0, 0.05) is 42.6 Å². The largest absolute Gasteiger partial charge is 0.356 e. The summed E-state index contributed by atoms with van der Waals surface area (Å²) in [6, 6.07) is 6.83. The number of nitrogens with zero attached hydrogens (tertiary/aromatic N) is 2. The fraction of sp³-hybridized carbons (Fsp3) is 0.375. The average Bonchev–Trinajstić information content (AvgIpc) is 2.96. The Kier molecular flexibility index (Phi) is 7.35. The van der Waals surface area contributed by atoms with Crippen molar-refractivity contribution in [3.05, 3.63) is 46.2 Å². The zero-order valence-electron chi connectivity index (χ0n) is 13.3. The quantitative estimate of drug-likeness (QED) is 0.348. The summed E-state index contributed by atoms with van der Waals surface area (Å²) in [5.74, 6) is 1.36. The molecular formula is C16H21FN4S2. The molecule has 0 saturated carbocycles. The number of hydrogen-bond donors (Lipinski definition) is 2. The van der Waals surface area contributed by atoms with Gasteiger partial charge < -0.3 is 10.6 Å². The van der Waals surface area contributed by atoms with E-state index < -0.39 is 0 Å². The third kappa shape index (κ3) is 6.19. The number of rotatable bonds is 7. The highest BCUT2D eigenvalue weighted by atomic mass is 32.2. The number of aromatic nitrogens is 1. The topological polar surface area (TPSA) is 49.3 Å². The lowest BCUT2D eigenvalue weighted by Gasteiger charge is -2.11. The third-order valence-electron chi connectivity index (χ3n) is 3.05. The Bertz CT molecular complexity index is 643. The number of aryl methyl sites for hydroxylation is 1. The second kappa shape index (κ2) is 9.52. The van der Waals surface area contributed by atoms with Crippen LogP contribution in [0, 0.1) is 12.7 Å². The summed E-state index contributed by atoms with van der Waals surface area (Å²) in [5, 5.41) is 9.66. The number of hydrogen-bond acceptors (Lipinski definition) is 4. The molecule has 2 rings (SSSR count). The van der Waals surface area contributed by atoms with Crippen LogP contribution >= 0.6 is 23.1 Å². The van der Waals surface area contributed by atoms with Gasteiger partial charge in [0.25, 0.3) is 0 Å². The summed E-state index contributed by atoms with van der Waals surface area (Å²) in [4.78, 5) is 9.29. The van der Waals surface area contributed by atoms with Crippen LogP contribution in [0.4, 0.5) is 4.39 Å². The van der Waals surface area contributed by atoms with Gasteiger partial charge in [0.05, 0.1) is 10.7 Å². The number of aliphatic imine (C=N–C) groups is 1. The van der Waals surface area contributed by atoms with Crippen LogP contribution < -0.4 is 10.6 Å². The molecule has 1 aromatic carbocycles. The number of thioether (sulfide) groups is 1. The molecule has 0 atom stereocenters. The molecule has 0 saturated heterocycles. The minimum atomic E-state index is -0.168. The first-order valence-electron chi connectivity index (χ1n) is 7.42. The lowest BCUT2D eigenvalue weighted by atomic mass is 10.3. The number of benzene rings is 1. The van der Waals surface area contributed by atoms with E-state index >= 15 is 0 Å². The normalized spacial score (nSPS) is 11.5. The van der Waals surface area contributed by atoms with Crippen molar-refractivity contribution in [2.24, 2.45) is 4.99 Å². The minimum absolute atomic E-state index is 0.168. The highest BCUT2D eigenvalue weighted by Crippen LogP contribution is 2.20. The van der Waals surface area contributed by atoms with E-state index in [1.54, 1.807) is 30.5 Å². The van der Waals surface area contributed by atoms with E-state index in [9.17, 15) is 4.39 Å². The Labute approximate surface area is 144 Å². The van der Waals surface area contributed by atoms with Crippen molar-refractivity contribution < 1.29 is 4.39 Å². The van der Waals surface area contributed by atoms with E-state index in [0.717, 1.165) is 35.4 Å². The van der Waals surface area contributed by atoms with Gasteiger partial charge in [-0.3, -0.25) is 4.99 Å². The Balaban J connectivity index is 1.64. The van der Waals surface area contributed by atoms with Crippen LogP contribution in [0.2, 0.25) is 0 Å². The third-order valence-corrected chi connectivity index (χ3v) is 4.93. The first-order chi connectivity index (χ1) is 11.2. The molecule has 0 aliphatic heterocycles. The summed E-state index contributed by atoms with van der Waals surface area (Å²) < 4.78 is 13.5. The molecule has 0 fully saturated rings. The van der Waals surface area contributed by atoms with Gasteiger partial charge in [0.1, 0.15) is 5.82 Å². The molecule has 23 heavy (non-hydrogen) atoms. The summed E-state index contributed by atoms with van der Waals surface area (Å²) in [6.07, 6.45) is 0.870. The maximum Gasteiger partial charge on any atom is 0.191 e. The predicted molar refractivity (Wildman–Crippen MR) is 97.0 cm³/mol. The monoisotopic (exact) mass is 352 g/mol. The second-order valence-electron chi connectivity index (χ2n) is 4.81. The van der Waals surface area contributed by atoms with Gasteiger partial charge in [-0.2, -0.15) is 0 Å². The van der Waals surface area contributed by atoms with Crippen molar-refractivity contribution in [1.29, 1.82) is 0 Å². The van der Waals surface area contributed by atoms with E-state index in [-0.39, 0.29) is 5.82 Å². The standard InChI is InChI=1S/C16H21FN4S2/c1-12-21-13(11-23-12)7-8-19-16(18-2)20-9-10-22-15-6-4-3-5-14(15)17/h3-6,11H,7-10H2,1-2H3,(H2,18,19,20). The number of thiazole rings is 1. The molecule has 0 unspecified atom stereocenters. The molecule has 0 bridgehead atoms. The average molecular weight is 353 g/mol. The van der Waals surface area contributed by atoms with Crippen molar-refractivity contribution in [1.82, 2.24) is 15.6 Å². The van der Waals surface area contributed by atoms with Crippen LogP contribution in [0.5, 0.6) is 0 Å². The van der Waals surface area contributed by atoms with E-state index in [0.29, 0.717) is 11.4 Å². The molecule has 0 amide bonds. The van der Waals surface area contributed by atoms with Crippen molar-refractivity contribution in [2.75, 3.05) is 25.9 Å². The van der Waals surface area contributed by atoms with E-state index in [4.69, 9.17) is 0 Å². The molecule has 0 spiro atoms. The molecule has 0 radical (unpaired) electrons. The Morgan fingerprint density at radius 2 is 2.09 bits per heavy atom. The molecule has 0 aliphatic carbocycles. The lowest BCUT2D eigenvalue weighted by Crippen LogP contribution is -2.39. The van der Waals surface area contributed by atoms with E-state index in [1.807, 2.05) is 13.0 Å². The van der Waals surface area contributed by atoms with Crippen molar-refractivity contribution >= 4 is 29.1 Å². The SMILES string of the molecule is CN=C(NCCSc1ccccc1F)NCCc1csc(C)n1. The highest BCUT2D eigenvalue weighted by Gasteiger charge is 2.02. The van der Waals surface area contributed by atoms with Crippen LogP contribution in [0.15, 0.2) is 39.5 Å². The summed E-state index contributed by atoms with van der Waals surface area (Å²) in [5.41, 5.74) is 1.10. The second-order valence-corrected chi connectivity index (χ2v) is 7.01. The molecule has 0 aliphatic rings. The van der Waals surface area contributed by atoms with Crippen molar-refractivity contribution in [2.45, 2.75) is 18.2 Å². The summed E-state index contributed by atoms with van der Waals surface area (Å²) in [7, 11) is 1.74. The zero-order valence-corrected chi connectivity index (χ0v) is 14.9. The first kappa shape index (κ1) is 17.7. The van der Waals surface area contributed by atoms with Gasteiger partial charge in [-0.25, -0.2) is 9.37 Å². The number of halogens is 1. The van der Waals surface area contributed by atoms with Crippen molar-refractivity contribution in [3.8, 4) is 0 Å². The van der Waals surface area contributed by atoms with Crippen LogP contribution in [0.3, 0.4) is 0 Å². The van der Waals surface area contributed by atoms with Crippen LogP contribution in [-0.2, 0) is 6.42 Å². The molecule has 4 nitrogen and oxygen atoms in total. The van der Waals surface area contributed by atoms with E-state index in [1.165, 1.54) is 17.8 Å². The van der Waals surface area contributed by atoms with Gasteiger partial charge in [0.15, 0.2) is 5.96 Å². The zero-order chi connectivity index (χ0) is 16.5. The smallest absolute Gasteiger partial charge is 0.191 e. The molecule has 124 valence electrons. The summed E-state index contributed by atoms with van der Waals surface area (Å²) >= 11 is 3.16. The Morgan fingerprint density at radius 3 is 2.78 bits per heavy atom. The maximum absolute atomic E-state index is 13.5. The number of nitrogens with one attached hydrogen (secondary N) is 2. The van der Waals surface area contributed by atoms with Gasteiger partial charge >= 0.3 is 0 Å². The predicted octanol–water partition coefficient (Wildman–Crippen LogP) is 3.09. The summed E-state index contributed by atoms with van der Waals surface area (Å²) in [6.45, 7) is 3.51. The van der Waals surface area contributed by atoms with Crippen LogP contribution in [0.25, 0.3) is 0 Å². The fourth-order valence-corrected chi connectivity index (χ4v) is 3.40. The maximum atomic E-state index is 13.5. The number of guanidine groups is 1. The fourth-order valence-electron chi connectivity index (χ4n) is 1.94. The highest BCUT2D eigenvalue weighted by molar-refractivity contribution is 7.99. The molecule has 2 aromatic rings. The van der Waals surface area contributed by atoms with Crippen LogP contribution in [-0.4, -0.2) is 36.8 Å². The Hall–Kier alpha value is -1.60. The van der Waals surface area contributed by atoms with Gasteiger partial charge in [-0.15, -0.1) is 23.1 Å². The lowest BCUT2D eigenvalue weighted by molar-refractivity contribution is 0.602. The van der Waals surface area contributed by atoms with E-state index in [2.05, 4.69) is 26.0 Å². The van der Waals surface area contributed by atoms with Crippen molar-refractivity contribution in [3.63, 3.8) is 0 Å². The Morgan fingerprint density at radius 1 is 1.30 bits per heavy atom. The molecule has 1 aromatic heterocycles. The van der Waals surface area contributed by atoms with Crippen LogP contribution in [0.1, 0.15) is 10.7 Å². The van der Waals surface area contributed by atoms with Gasteiger partial charge in [-0.05, 0) is 19.1 Å². The minimum Gasteiger partial charge on any atom is -0.356 e.